The van der Waals surface area contributed by atoms with E-state index in [0.717, 1.165) is 98.4 Å². The van der Waals surface area contributed by atoms with Gasteiger partial charge in [0.15, 0.2) is 0 Å². The van der Waals surface area contributed by atoms with Gasteiger partial charge in [0.2, 0.25) is 0 Å². The van der Waals surface area contributed by atoms with Crippen molar-refractivity contribution in [1.29, 1.82) is 0 Å². The molecule has 10 nitrogen and oxygen atoms in total. The summed E-state index contributed by atoms with van der Waals surface area (Å²) in [6, 6.07) is 0. The lowest BCUT2D eigenvalue weighted by molar-refractivity contribution is -0.0242. The summed E-state index contributed by atoms with van der Waals surface area (Å²) in [6.07, 6.45) is 0. The van der Waals surface area contributed by atoms with Crippen molar-refractivity contribution in [3.8, 4) is 0 Å². The van der Waals surface area contributed by atoms with Gasteiger partial charge in [0.05, 0.1) is 79.4 Å². The van der Waals surface area contributed by atoms with E-state index < -0.39 is 0 Å². The van der Waals surface area contributed by atoms with Gasteiger partial charge in [0.1, 0.15) is 0 Å². The highest BCUT2D eigenvalue weighted by Crippen LogP contribution is 2.00. The van der Waals surface area contributed by atoms with Crippen LogP contribution in [0.2, 0.25) is 0 Å². The first-order valence-electron chi connectivity index (χ1n) is 12.8. The van der Waals surface area contributed by atoms with Crippen LogP contribution >= 0.6 is 0 Å². The maximum atomic E-state index is 6.00. The predicted molar refractivity (Wildman–Crippen MR) is 126 cm³/mol. The normalized spacial score (nSPS) is 34.2. The highest BCUT2D eigenvalue weighted by molar-refractivity contribution is 4.67. The van der Waals surface area contributed by atoms with Crippen molar-refractivity contribution < 1.29 is 28.4 Å². The minimum atomic E-state index is 0.589. The third-order valence-corrected chi connectivity index (χ3v) is 6.35. The quantitative estimate of drug-likeness (QED) is 0.450. The second-order valence-corrected chi connectivity index (χ2v) is 8.74. The zero-order valence-electron chi connectivity index (χ0n) is 20.5. The van der Waals surface area contributed by atoms with Gasteiger partial charge in [-0.05, 0) is 0 Å². The monoisotopic (exact) mass is 474 g/mol. The third kappa shape index (κ3) is 12.7. The number of hydrogen-bond acceptors (Lipinski definition) is 10. The van der Waals surface area contributed by atoms with Crippen LogP contribution in [0.3, 0.4) is 0 Å². The summed E-state index contributed by atoms with van der Waals surface area (Å²) in [6.45, 7) is 18.4. The Labute approximate surface area is 199 Å². The molecule has 4 heterocycles. The van der Waals surface area contributed by atoms with Crippen molar-refractivity contribution in [1.82, 2.24) is 19.6 Å². The molecule has 2 atom stereocenters. The van der Waals surface area contributed by atoms with Crippen LogP contribution in [0.1, 0.15) is 0 Å². The number of nitrogens with zero attached hydrogens (tertiary/aromatic N) is 4. The molecule has 10 heteroatoms. The van der Waals surface area contributed by atoms with E-state index in [1.165, 1.54) is 0 Å². The molecule has 4 saturated heterocycles. The average molecular weight is 475 g/mol. The van der Waals surface area contributed by atoms with Crippen LogP contribution in [0.5, 0.6) is 0 Å². The predicted octanol–water partition coefficient (Wildman–Crippen LogP) is -0.708. The van der Waals surface area contributed by atoms with Gasteiger partial charge in [-0.2, -0.15) is 0 Å². The van der Waals surface area contributed by atoms with Crippen LogP contribution in [0.4, 0.5) is 0 Å². The lowest BCUT2D eigenvalue weighted by Gasteiger charge is -2.30. The Morgan fingerprint density at radius 3 is 0.909 bits per heavy atom. The van der Waals surface area contributed by atoms with E-state index in [-0.39, 0.29) is 0 Å². The molecule has 0 saturated carbocycles. The number of hydrogen-bond donors (Lipinski definition) is 0. The summed E-state index contributed by atoms with van der Waals surface area (Å²) in [5.74, 6) is 0. The van der Waals surface area contributed by atoms with Crippen LogP contribution in [0, 0.1) is 0 Å². The van der Waals surface area contributed by atoms with Gasteiger partial charge in [0.25, 0.3) is 0 Å². The van der Waals surface area contributed by atoms with Crippen LogP contribution in [-0.4, -0.2) is 171 Å². The van der Waals surface area contributed by atoms with Gasteiger partial charge >= 0.3 is 0 Å². The molecule has 4 bridgehead atoms. The summed E-state index contributed by atoms with van der Waals surface area (Å²) in [5.41, 5.74) is 0. The van der Waals surface area contributed by atoms with Crippen LogP contribution < -0.4 is 0 Å². The SMILES string of the molecule is C1COCCN2CCN3CCOCCN(CCOCC3)CCN(CCO1)CCOCCOC2. The molecule has 0 N–H and O–H groups in total. The second-order valence-electron chi connectivity index (χ2n) is 8.74. The van der Waals surface area contributed by atoms with Gasteiger partial charge in [-0.1, -0.05) is 0 Å². The van der Waals surface area contributed by atoms with E-state index in [1.807, 2.05) is 0 Å². The fourth-order valence-corrected chi connectivity index (χ4v) is 4.11. The van der Waals surface area contributed by atoms with Crippen LogP contribution in [0.15, 0.2) is 0 Å². The Morgan fingerprint density at radius 2 is 0.515 bits per heavy atom. The minimum Gasteiger partial charge on any atom is -0.379 e. The number of rotatable bonds is 0. The molecule has 0 aromatic rings. The lowest BCUT2D eigenvalue weighted by atomic mass is 10.4. The molecule has 0 aliphatic carbocycles. The van der Waals surface area contributed by atoms with Crippen molar-refractivity contribution in [2.24, 2.45) is 0 Å². The summed E-state index contributed by atoms with van der Waals surface area (Å²) in [7, 11) is 0. The van der Waals surface area contributed by atoms with Crippen molar-refractivity contribution in [3.63, 3.8) is 0 Å². The molecule has 0 aromatic carbocycles. The Kier molecular flexibility index (Phi) is 14.8. The van der Waals surface area contributed by atoms with Gasteiger partial charge in [-0.15, -0.1) is 0 Å². The largest absolute Gasteiger partial charge is 0.379 e. The topological polar surface area (TPSA) is 68.3 Å². The van der Waals surface area contributed by atoms with Gasteiger partial charge in [0, 0.05) is 72.0 Å². The highest BCUT2D eigenvalue weighted by atomic mass is 16.5. The summed E-state index contributed by atoms with van der Waals surface area (Å²) < 4.78 is 35.5. The Bertz CT molecular complexity index is 426. The maximum Gasteiger partial charge on any atom is 0.0992 e. The standard InChI is InChI=1S/C23H46N4O6/c1-2-25-9-16-30-19-20-32-18-11-27(23-33-22-21-31-17-10-25)4-3-26-7-14-28-12-5-24(1)6-13-29-15-8-26/h1-23H2. The van der Waals surface area contributed by atoms with Gasteiger partial charge in [-0.3, -0.25) is 19.6 Å². The Balaban J connectivity index is 1.67. The summed E-state index contributed by atoms with van der Waals surface area (Å²) in [4.78, 5) is 9.63. The van der Waals surface area contributed by atoms with E-state index >= 15 is 0 Å². The third-order valence-electron chi connectivity index (χ3n) is 6.35. The molecule has 0 aromatic heterocycles. The highest BCUT2D eigenvalue weighted by Gasteiger charge is 2.14. The molecule has 4 aliphatic heterocycles. The van der Waals surface area contributed by atoms with Crippen LogP contribution in [-0.2, 0) is 28.4 Å². The molecule has 2 unspecified atom stereocenters. The van der Waals surface area contributed by atoms with Crippen molar-refractivity contribution in [3.05, 3.63) is 0 Å². The van der Waals surface area contributed by atoms with Crippen LogP contribution in [0.25, 0.3) is 0 Å². The van der Waals surface area contributed by atoms with Gasteiger partial charge < -0.3 is 28.4 Å². The molecule has 0 radical (unpaired) electrons. The van der Waals surface area contributed by atoms with Crippen molar-refractivity contribution in [2.75, 3.05) is 151 Å². The molecule has 4 aliphatic rings. The first kappa shape index (κ1) is 27.2. The van der Waals surface area contributed by atoms with E-state index in [2.05, 4.69) is 19.6 Å². The zero-order valence-corrected chi connectivity index (χ0v) is 20.5. The lowest BCUT2D eigenvalue weighted by Crippen LogP contribution is -2.43. The molecular formula is C23H46N4O6. The Hall–Kier alpha value is -0.400. The maximum absolute atomic E-state index is 6.00. The molecule has 0 spiro atoms. The summed E-state index contributed by atoms with van der Waals surface area (Å²) >= 11 is 0. The first-order chi connectivity index (χ1) is 16.4. The van der Waals surface area contributed by atoms with E-state index in [9.17, 15) is 0 Å². The zero-order chi connectivity index (χ0) is 22.8. The molecule has 33 heavy (non-hydrogen) atoms. The van der Waals surface area contributed by atoms with E-state index in [1.54, 1.807) is 0 Å². The second kappa shape index (κ2) is 18.0. The Morgan fingerprint density at radius 1 is 0.242 bits per heavy atom. The first-order valence-corrected chi connectivity index (χ1v) is 12.8. The minimum absolute atomic E-state index is 0.589. The molecule has 0 amide bonds. The number of ether oxygens (including phenoxy) is 6. The molecule has 4 fully saturated rings. The fourth-order valence-electron chi connectivity index (χ4n) is 4.11. The fraction of sp³-hybridized carbons (Fsp3) is 1.00. The average Bonchev–Trinajstić information content (AvgIpc) is 2.81. The van der Waals surface area contributed by atoms with E-state index in [4.69, 9.17) is 28.4 Å². The smallest absolute Gasteiger partial charge is 0.0992 e. The summed E-state index contributed by atoms with van der Waals surface area (Å²) in [5, 5.41) is 0. The van der Waals surface area contributed by atoms with Gasteiger partial charge in [-0.25, -0.2) is 0 Å². The molecule has 4 rings (SSSR count). The van der Waals surface area contributed by atoms with Crippen molar-refractivity contribution in [2.45, 2.75) is 0 Å². The molecule has 194 valence electrons. The number of fused-ring (bicyclic) bond motifs is 10. The molecular weight excluding hydrogens is 428 g/mol. The van der Waals surface area contributed by atoms with Crippen molar-refractivity contribution >= 4 is 0 Å². The van der Waals surface area contributed by atoms with E-state index in [0.29, 0.717) is 53.0 Å².